The van der Waals surface area contributed by atoms with Gasteiger partial charge in [0.2, 0.25) is 0 Å². The molecule has 0 unspecified atom stereocenters. The van der Waals surface area contributed by atoms with E-state index in [4.69, 9.17) is 0 Å². The summed E-state index contributed by atoms with van der Waals surface area (Å²) >= 11 is 0. The highest BCUT2D eigenvalue weighted by Gasteiger charge is 2.30. The average molecular weight is 388 g/mol. The fourth-order valence-electron chi connectivity index (χ4n) is 4.19. The molecule has 0 radical (unpaired) electrons. The van der Waals surface area contributed by atoms with Gasteiger partial charge in [0.25, 0.3) is 0 Å². The van der Waals surface area contributed by atoms with E-state index in [9.17, 15) is 0 Å². The van der Waals surface area contributed by atoms with E-state index in [1.54, 1.807) is 12.5 Å². The number of aromatic amines is 1. The second kappa shape index (κ2) is 7.27. The van der Waals surface area contributed by atoms with Crippen LogP contribution in [0, 0.1) is 6.92 Å². The topological polar surface area (TPSA) is 97.2 Å². The molecule has 3 aromatic heterocycles. The predicted octanol–water partition coefficient (Wildman–Crippen LogP) is 3.13. The number of hydrogen-bond acceptors (Lipinski definition) is 6. The number of aryl methyl sites for hydroxylation is 1. The van der Waals surface area contributed by atoms with E-state index in [0.717, 1.165) is 54.2 Å². The minimum atomic E-state index is 0.352. The molecule has 1 aromatic carbocycles. The molecule has 1 aliphatic rings. The fraction of sp³-hybridized carbons (Fsp3) is 0.381. The molecule has 8 heteroatoms. The number of aromatic nitrogens is 7. The van der Waals surface area contributed by atoms with Gasteiger partial charge in [-0.25, -0.2) is 9.97 Å². The van der Waals surface area contributed by atoms with Gasteiger partial charge >= 0.3 is 0 Å². The number of hydrogen-bond donors (Lipinski definition) is 2. The largest absolute Gasteiger partial charge is 0.367 e. The second-order valence-corrected chi connectivity index (χ2v) is 7.90. The smallest absolute Gasteiger partial charge is 0.160 e. The highest BCUT2D eigenvalue weighted by Crippen LogP contribution is 2.35. The molecule has 2 atom stereocenters. The Kier molecular flexibility index (Phi) is 4.46. The van der Waals surface area contributed by atoms with Gasteiger partial charge in [0.1, 0.15) is 23.8 Å². The van der Waals surface area contributed by atoms with Crippen molar-refractivity contribution in [1.29, 1.82) is 0 Å². The number of anilines is 1. The maximum atomic E-state index is 4.54. The quantitative estimate of drug-likeness (QED) is 0.545. The summed E-state index contributed by atoms with van der Waals surface area (Å²) in [6.07, 6.45) is 7.32. The Morgan fingerprint density at radius 3 is 2.86 bits per heavy atom. The van der Waals surface area contributed by atoms with Crippen LogP contribution in [0.4, 0.5) is 5.82 Å². The Morgan fingerprint density at radius 2 is 2.00 bits per heavy atom. The third kappa shape index (κ3) is 3.46. The first-order valence-corrected chi connectivity index (χ1v) is 10.0. The molecular weight excluding hydrogens is 364 g/mol. The molecule has 4 aromatic rings. The van der Waals surface area contributed by atoms with Crippen LogP contribution in [0.5, 0.6) is 0 Å². The summed E-state index contributed by atoms with van der Waals surface area (Å²) in [6.45, 7) is 2.10. The van der Waals surface area contributed by atoms with Crippen LogP contribution in [0.15, 0.2) is 36.8 Å². The lowest BCUT2D eigenvalue weighted by Gasteiger charge is -2.14. The van der Waals surface area contributed by atoms with Gasteiger partial charge in [-0.1, -0.05) is 29.8 Å². The van der Waals surface area contributed by atoms with Crippen LogP contribution < -0.4 is 5.32 Å². The first kappa shape index (κ1) is 17.8. The summed E-state index contributed by atoms with van der Waals surface area (Å²) in [5, 5.41) is 20.5. The number of rotatable bonds is 5. The molecule has 148 valence electrons. The zero-order valence-electron chi connectivity index (χ0n) is 16.6. The molecular formula is C21H24N8. The van der Waals surface area contributed by atoms with E-state index in [1.165, 1.54) is 11.1 Å². The zero-order valence-corrected chi connectivity index (χ0v) is 16.6. The van der Waals surface area contributed by atoms with Crippen molar-refractivity contribution in [3.63, 3.8) is 0 Å². The summed E-state index contributed by atoms with van der Waals surface area (Å²) in [7, 11) is 2.08. The van der Waals surface area contributed by atoms with Gasteiger partial charge in [0, 0.05) is 25.4 Å². The van der Waals surface area contributed by atoms with Gasteiger partial charge in [-0.2, -0.15) is 5.10 Å². The van der Waals surface area contributed by atoms with Crippen LogP contribution >= 0.6 is 0 Å². The van der Waals surface area contributed by atoms with Crippen molar-refractivity contribution >= 4 is 16.9 Å². The summed E-state index contributed by atoms with van der Waals surface area (Å²) in [5.41, 5.74) is 3.29. The molecule has 1 aliphatic carbocycles. The Labute approximate surface area is 168 Å². The molecule has 2 N–H and O–H groups in total. The minimum Gasteiger partial charge on any atom is -0.367 e. The predicted molar refractivity (Wildman–Crippen MR) is 111 cm³/mol. The van der Waals surface area contributed by atoms with E-state index in [2.05, 4.69) is 78.5 Å². The van der Waals surface area contributed by atoms with Crippen LogP contribution in [0.1, 0.15) is 48.0 Å². The van der Waals surface area contributed by atoms with E-state index < -0.39 is 0 Å². The maximum Gasteiger partial charge on any atom is 0.160 e. The number of benzene rings is 1. The number of nitrogens with one attached hydrogen (secondary N) is 2. The third-order valence-electron chi connectivity index (χ3n) is 5.87. The SMILES string of the molecule is Cc1ccc(Cc2nnc([C@H]3CC[C@H](Nc4ncnc5[nH]ncc45)C3)n2C)cc1. The fourth-order valence-corrected chi connectivity index (χ4v) is 4.19. The Bertz CT molecular complexity index is 1130. The molecule has 1 fully saturated rings. The van der Waals surface area contributed by atoms with Crippen molar-refractivity contribution in [3.05, 3.63) is 59.6 Å². The number of H-pyrrole nitrogens is 1. The Morgan fingerprint density at radius 1 is 1.14 bits per heavy atom. The van der Waals surface area contributed by atoms with Crippen LogP contribution in [0.2, 0.25) is 0 Å². The second-order valence-electron chi connectivity index (χ2n) is 7.90. The standard InChI is InChI=1S/C21H24N8/c1-13-3-5-14(6-4-13)9-18-26-28-21(29(18)2)15-7-8-16(10-15)25-19-17-11-24-27-20(17)23-12-22-19/h3-6,11-12,15-16H,7-10H2,1-2H3,(H2,22,23,24,25,27)/t15-,16-/m0/s1. The first-order chi connectivity index (χ1) is 14.2. The molecule has 0 aliphatic heterocycles. The molecule has 29 heavy (non-hydrogen) atoms. The molecule has 5 rings (SSSR count). The van der Waals surface area contributed by atoms with E-state index in [1.807, 2.05) is 0 Å². The molecule has 8 nitrogen and oxygen atoms in total. The van der Waals surface area contributed by atoms with Crippen LogP contribution in [0.3, 0.4) is 0 Å². The van der Waals surface area contributed by atoms with Gasteiger partial charge in [-0.05, 0) is 31.7 Å². The lowest BCUT2D eigenvalue weighted by molar-refractivity contribution is 0.616. The van der Waals surface area contributed by atoms with Gasteiger partial charge in [-0.15, -0.1) is 10.2 Å². The maximum absolute atomic E-state index is 4.54. The molecule has 0 amide bonds. The van der Waals surface area contributed by atoms with Gasteiger partial charge < -0.3 is 9.88 Å². The summed E-state index contributed by atoms with van der Waals surface area (Å²) in [5.74, 6) is 3.33. The van der Waals surface area contributed by atoms with Crippen LogP contribution in [-0.4, -0.2) is 41.0 Å². The Balaban J connectivity index is 1.28. The van der Waals surface area contributed by atoms with Crippen molar-refractivity contribution in [2.45, 2.75) is 44.6 Å². The third-order valence-corrected chi connectivity index (χ3v) is 5.87. The molecule has 0 saturated heterocycles. The van der Waals surface area contributed by atoms with Crippen molar-refractivity contribution in [1.82, 2.24) is 34.9 Å². The highest BCUT2D eigenvalue weighted by molar-refractivity contribution is 5.85. The van der Waals surface area contributed by atoms with Crippen LogP contribution in [-0.2, 0) is 13.5 Å². The summed E-state index contributed by atoms with van der Waals surface area (Å²) < 4.78 is 2.17. The molecule has 3 heterocycles. The van der Waals surface area contributed by atoms with Crippen molar-refractivity contribution < 1.29 is 0 Å². The van der Waals surface area contributed by atoms with Gasteiger partial charge in [0.15, 0.2) is 5.65 Å². The van der Waals surface area contributed by atoms with Crippen molar-refractivity contribution in [2.75, 3.05) is 5.32 Å². The van der Waals surface area contributed by atoms with Gasteiger partial charge in [0.05, 0.1) is 11.6 Å². The first-order valence-electron chi connectivity index (χ1n) is 10.0. The van der Waals surface area contributed by atoms with E-state index in [-0.39, 0.29) is 0 Å². The van der Waals surface area contributed by atoms with Gasteiger partial charge in [-0.3, -0.25) is 5.10 Å². The van der Waals surface area contributed by atoms with Crippen molar-refractivity contribution in [3.8, 4) is 0 Å². The van der Waals surface area contributed by atoms with E-state index >= 15 is 0 Å². The normalized spacial score (nSPS) is 19.1. The number of fused-ring (bicyclic) bond motifs is 1. The highest BCUT2D eigenvalue weighted by atomic mass is 15.3. The van der Waals surface area contributed by atoms with Crippen molar-refractivity contribution in [2.24, 2.45) is 7.05 Å². The monoisotopic (exact) mass is 388 g/mol. The lowest BCUT2D eigenvalue weighted by atomic mass is 10.1. The molecule has 0 spiro atoms. The van der Waals surface area contributed by atoms with Crippen LogP contribution in [0.25, 0.3) is 11.0 Å². The molecule has 0 bridgehead atoms. The summed E-state index contributed by atoms with van der Waals surface area (Å²) in [6, 6.07) is 8.97. The van der Waals surface area contributed by atoms with E-state index in [0.29, 0.717) is 12.0 Å². The molecule has 1 saturated carbocycles. The zero-order chi connectivity index (χ0) is 19.8. The average Bonchev–Trinajstić information content (AvgIpc) is 3.45. The Hall–Kier alpha value is -3.29. The lowest BCUT2D eigenvalue weighted by Crippen LogP contribution is -2.17. The minimum absolute atomic E-state index is 0.352. The number of nitrogens with zero attached hydrogens (tertiary/aromatic N) is 6. The summed E-state index contributed by atoms with van der Waals surface area (Å²) in [4.78, 5) is 8.60.